The van der Waals surface area contributed by atoms with Crippen molar-refractivity contribution in [1.82, 2.24) is 0 Å². The summed E-state index contributed by atoms with van der Waals surface area (Å²) in [6.07, 6.45) is 0. The van der Waals surface area contributed by atoms with E-state index in [2.05, 4.69) is 6.07 Å². The summed E-state index contributed by atoms with van der Waals surface area (Å²) in [5, 5.41) is 8.55. The normalized spacial score (nSPS) is 12.5. The molecule has 0 amide bonds. The molecule has 0 saturated carbocycles. The minimum absolute atomic E-state index is 0.450. The fourth-order valence-corrected chi connectivity index (χ4v) is 2.01. The van der Waals surface area contributed by atoms with Gasteiger partial charge in [0, 0.05) is 9.75 Å². The molecule has 2 N–H and O–H groups in total. The van der Waals surface area contributed by atoms with Gasteiger partial charge in [-0.1, -0.05) is 0 Å². The maximum atomic E-state index is 8.55. The van der Waals surface area contributed by atoms with Gasteiger partial charge in [-0.15, -0.1) is 11.3 Å². The van der Waals surface area contributed by atoms with Gasteiger partial charge in [-0.05, 0) is 25.5 Å². The number of nitrogens with two attached hydrogens (primary N) is 1. The molecular formula is C8H10N2S. The van der Waals surface area contributed by atoms with Gasteiger partial charge in [0.05, 0.1) is 6.07 Å². The zero-order chi connectivity index (χ0) is 8.43. The molecule has 0 aliphatic carbocycles. The molecule has 0 fully saturated rings. The number of nitrogens with zero attached hydrogens (tertiary/aromatic N) is 1. The van der Waals surface area contributed by atoms with Crippen molar-refractivity contribution in [3.63, 3.8) is 0 Å². The first kappa shape index (κ1) is 8.25. The average Bonchev–Trinajstić information content (AvgIpc) is 2.28. The second kappa shape index (κ2) is 3.04. The Balaban J connectivity index is 3.05. The summed E-state index contributed by atoms with van der Waals surface area (Å²) in [7, 11) is 0. The van der Waals surface area contributed by atoms with E-state index < -0.39 is 6.04 Å². The molecule has 0 aliphatic heterocycles. The lowest BCUT2D eigenvalue weighted by molar-refractivity contribution is 0.941. The topological polar surface area (TPSA) is 49.8 Å². The van der Waals surface area contributed by atoms with Crippen molar-refractivity contribution in [1.29, 1.82) is 5.26 Å². The molecule has 0 radical (unpaired) electrons. The van der Waals surface area contributed by atoms with E-state index in [9.17, 15) is 0 Å². The molecule has 1 heterocycles. The summed E-state index contributed by atoms with van der Waals surface area (Å²) in [6.45, 7) is 4.00. The molecule has 58 valence electrons. The van der Waals surface area contributed by atoms with E-state index in [1.807, 2.05) is 19.9 Å². The first-order valence-corrected chi connectivity index (χ1v) is 4.19. The molecule has 0 bridgehead atoms. The molecule has 3 heteroatoms. The van der Waals surface area contributed by atoms with Crippen LogP contribution in [0.1, 0.15) is 21.4 Å². The Bertz CT molecular complexity index is 296. The van der Waals surface area contributed by atoms with Crippen LogP contribution in [0.2, 0.25) is 0 Å². The van der Waals surface area contributed by atoms with Gasteiger partial charge in [-0.25, -0.2) is 0 Å². The number of thiophene rings is 1. The molecule has 1 aromatic heterocycles. The lowest BCUT2D eigenvalue weighted by Crippen LogP contribution is -2.05. The van der Waals surface area contributed by atoms with E-state index >= 15 is 0 Å². The van der Waals surface area contributed by atoms with Crippen molar-refractivity contribution >= 4 is 11.3 Å². The van der Waals surface area contributed by atoms with Gasteiger partial charge in [-0.3, -0.25) is 0 Å². The Morgan fingerprint density at radius 2 is 2.27 bits per heavy atom. The molecule has 0 aliphatic rings. The lowest BCUT2D eigenvalue weighted by atomic mass is 10.2. The SMILES string of the molecule is Cc1cc(C)c(C(N)C#N)s1. The molecule has 2 nitrogen and oxygen atoms in total. The van der Waals surface area contributed by atoms with Crippen molar-refractivity contribution in [3.05, 3.63) is 21.4 Å². The smallest absolute Gasteiger partial charge is 0.128 e. The number of rotatable bonds is 1. The minimum Gasteiger partial charge on any atom is -0.312 e. The first-order valence-electron chi connectivity index (χ1n) is 3.37. The number of hydrogen-bond donors (Lipinski definition) is 1. The third-order valence-corrected chi connectivity index (χ3v) is 2.74. The van der Waals surface area contributed by atoms with Crippen molar-refractivity contribution in [2.75, 3.05) is 0 Å². The maximum absolute atomic E-state index is 8.55. The largest absolute Gasteiger partial charge is 0.312 e. The number of aryl methyl sites for hydroxylation is 2. The van der Waals surface area contributed by atoms with Crippen LogP contribution in [0, 0.1) is 25.2 Å². The molecule has 0 saturated heterocycles. The molecule has 1 atom stereocenters. The van der Waals surface area contributed by atoms with Crippen molar-refractivity contribution < 1.29 is 0 Å². The highest BCUT2D eigenvalue weighted by Crippen LogP contribution is 2.25. The highest BCUT2D eigenvalue weighted by molar-refractivity contribution is 7.12. The van der Waals surface area contributed by atoms with E-state index in [4.69, 9.17) is 11.0 Å². The fraction of sp³-hybridized carbons (Fsp3) is 0.375. The van der Waals surface area contributed by atoms with Crippen molar-refractivity contribution in [2.45, 2.75) is 19.9 Å². The predicted octanol–water partition coefficient (Wildman–Crippen LogP) is 1.89. The molecule has 1 unspecified atom stereocenters. The number of nitriles is 1. The summed E-state index contributed by atoms with van der Waals surface area (Å²) >= 11 is 1.60. The van der Waals surface area contributed by atoms with Crippen LogP contribution in [0.3, 0.4) is 0 Å². The van der Waals surface area contributed by atoms with Crippen molar-refractivity contribution in [3.8, 4) is 6.07 Å². The average molecular weight is 166 g/mol. The summed E-state index contributed by atoms with van der Waals surface area (Å²) in [6, 6.07) is 3.63. The van der Waals surface area contributed by atoms with Crippen LogP contribution in [0.5, 0.6) is 0 Å². The second-order valence-corrected chi connectivity index (χ2v) is 3.80. The van der Waals surface area contributed by atoms with E-state index in [0.29, 0.717) is 0 Å². The first-order chi connectivity index (χ1) is 5.15. The van der Waals surface area contributed by atoms with E-state index in [0.717, 1.165) is 10.4 Å². The highest BCUT2D eigenvalue weighted by Gasteiger charge is 2.09. The van der Waals surface area contributed by atoms with E-state index in [-0.39, 0.29) is 0 Å². The van der Waals surface area contributed by atoms with Gasteiger partial charge in [0.1, 0.15) is 6.04 Å². The Hall–Kier alpha value is -0.850. The Kier molecular flexibility index (Phi) is 2.28. The van der Waals surface area contributed by atoms with Gasteiger partial charge in [0.15, 0.2) is 0 Å². The molecule has 1 rings (SSSR count). The summed E-state index contributed by atoms with van der Waals surface area (Å²) in [5.41, 5.74) is 6.68. The van der Waals surface area contributed by atoms with Crippen LogP contribution in [-0.4, -0.2) is 0 Å². The van der Waals surface area contributed by atoms with Crippen LogP contribution in [0.4, 0.5) is 0 Å². The quantitative estimate of drug-likeness (QED) is 0.692. The standard InChI is InChI=1S/C8H10N2S/c1-5-3-6(2)11-8(5)7(10)4-9/h3,7H,10H2,1-2H3. The van der Waals surface area contributed by atoms with Gasteiger partial charge < -0.3 is 5.73 Å². The monoisotopic (exact) mass is 166 g/mol. The Labute approximate surface area is 70.3 Å². The third-order valence-electron chi connectivity index (χ3n) is 1.50. The van der Waals surface area contributed by atoms with E-state index in [1.165, 1.54) is 4.88 Å². The zero-order valence-corrected chi connectivity index (χ0v) is 7.40. The molecule has 11 heavy (non-hydrogen) atoms. The van der Waals surface area contributed by atoms with Crippen molar-refractivity contribution in [2.24, 2.45) is 5.73 Å². The zero-order valence-electron chi connectivity index (χ0n) is 6.59. The van der Waals surface area contributed by atoms with Crippen LogP contribution in [0.25, 0.3) is 0 Å². The van der Waals surface area contributed by atoms with Gasteiger partial charge >= 0.3 is 0 Å². The Morgan fingerprint density at radius 3 is 2.64 bits per heavy atom. The van der Waals surface area contributed by atoms with Crippen LogP contribution >= 0.6 is 11.3 Å². The summed E-state index contributed by atoms with van der Waals surface area (Å²) in [5.74, 6) is 0. The molecule has 1 aromatic rings. The van der Waals surface area contributed by atoms with Gasteiger partial charge in [0.2, 0.25) is 0 Å². The second-order valence-electron chi connectivity index (χ2n) is 2.51. The third kappa shape index (κ3) is 1.59. The minimum atomic E-state index is -0.450. The number of hydrogen-bond acceptors (Lipinski definition) is 3. The highest BCUT2D eigenvalue weighted by atomic mass is 32.1. The predicted molar refractivity (Wildman–Crippen MR) is 46.3 cm³/mol. The maximum Gasteiger partial charge on any atom is 0.128 e. The summed E-state index contributed by atoms with van der Waals surface area (Å²) < 4.78 is 0. The van der Waals surface area contributed by atoms with Crippen LogP contribution in [-0.2, 0) is 0 Å². The Morgan fingerprint density at radius 1 is 1.64 bits per heavy atom. The van der Waals surface area contributed by atoms with Gasteiger partial charge in [0.25, 0.3) is 0 Å². The lowest BCUT2D eigenvalue weighted by Gasteiger charge is -1.98. The molecule has 0 spiro atoms. The van der Waals surface area contributed by atoms with Crippen LogP contribution < -0.4 is 5.73 Å². The fourth-order valence-electron chi connectivity index (χ4n) is 1.03. The molecular weight excluding hydrogens is 156 g/mol. The van der Waals surface area contributed by atoms with E-state index in [1.54, 1.807) is 11.3 Å². The van der Waals surface area contributed by atoms with Crippen LogP contribution in [0.15, 0.2) is 6.07 Å². The molecule has 0 aromatic carbocycles. The van der Waals surface area contributed by atoms with Gasteiger partial charge in [-0.2, -0.15) is 5.26 Å². The summed E-state index contributed by atoms with van der Waals surface area (Å²) in [4.78, 5) is 2.20.